The Bertz CT molecular complexity index is 627. The molecule has 0 aromatic heterocycles. The standard InChI is InChI=1S/C19H22O2/c20-19(21)18-12-3-1-2-8-16(18)13-15-10-6-9-14-7-4-5-11-17(14)15/h4-7,9-11,16,18H,1-3,8,12-13H2,(H,20,21). The minimum atomic E-state index is -0.609. The molecule has 2 unspecified atom stereocenters. The van der Waals surface area contributed by atoms with Crippen LogP contribution >= 0.6 is 0 Å². The van der Waals surface area contributed by atoms with Gasteiger partial charge in [-0.2, -0.15) is 0 Å². The number of hydrogen-bond acceptors (Lipinski definition) is 1. The van der Waals surface area contributed by atoms with Gasteiger partial charge in [-0.05, 0) is 41.5 Å². The Hall–Kier alpha value is -1.83. The van der Waals surface area contributed by atoms with E-state index in [2.05, 4.69) is 42.5 Å². The molecule has 0 heterocycles. The molecular formula is C19H22O2. The van der Waals surface area contributed by atoms with E-state index in [0.717, 1.165) is 25.7 Å². The monoisotopic (exact) mass is 282 g/mol. The summed E-state index contributed by atoms with van der Waals surface area (Å²) in [5.41, 5.74) is 1.30. The fourth-order valence-electron chi connectivity index (χ4n) is 3.71. The molecule has 1 N–H and O–H groups in total. The van der Waals surface area contributed by atoms with Crippen molar-refractivity contribution in [1.82, 2.24) is 0 Å². The highest BCUT2D eigenvalue weighted by Crippen LogP contribution is 2.33. The van der Waals surface area contributed by atoms with Gasteiger partial charge >= 0.3 is 5.97 Å². The van der Waals surface area contributed by atoms with Gasteiger partial charge in [0.15, 0.2) is 0 Å². The summed E-state index contributed by atoms with van der Waals surface area (Å²) < 4.78 is 0. The Morgan fingerprint density at radius 1 is 1.00 bits per heavy atom. The minimum absolute atomic E-state index is 0.175. The zero-order valence-electron chi connectivity index (χ0n) is 12.3. The normalized spacial score (nSPS) is 22.9. The molecule has 1 aliphatic carbocycles. The third-order valence-corrected chi connectivity index (χ3v) is 4.84. The number of benzene rings is 2. The van der Waals surface area contributed by atoms with Crippen LogP contribution in [0.15, 0.2) is 42.5 Å². The van der Waals surface area contributed by atoms with Crippen LogP contribution in [-0.4, -0.2) is 11.1 Å². The van der Waals surface area contributed by atoms with Crippen LogP contribution in [0.4, 0.5) is 0 Å². The summed E-state index contributed by atoms with van der Waals surface area (Å²) >= 11 is 0. The number of rotatable bonds is 3. The van der Waals surface area contributed by atoms with Crippen LogP contribution < -0.4 is 0 Å². The molecule has 0 aliphatic heterocycles. The molecule has 0 amide bonds. The molecule has 2 aromatic rings. The molecular weight excluding hydrogens is 260 g/mol. The topological polar surface area (TPSA) is 37.3 Å². The summed E-state index contributed by atoms with van der Waals surface area (Å²) in [5.74, 6) is -0.510. The Balaban J connectivity index is 1.90. The van der Waals surface area contributed by atoms with Crippen molar-refractivity contribution in [3.63, 3.8) is 0 Å². The zero-order valence-corrected chi connectivity index (χ0v) is 12.3. The summed E-state index contributed by atoms with van der Waals surface area (Å²) in [7, 11) is 0. The summed E-state index contributed by atoms with van der Waals surface area (Å²) in [6.07, 6.45) is 6.17. The van der Waals surface area contributed by atoms with Gasteiger partial charge in [0.05, 0.1) is 5.92 Å². The highest BCUT2D eigenvalue weighted by atomic mass is 16.4. The molecule has 1 fully saturated rings. The Morgan fingerprint density at radius 3 is 2.62 bits per heavy atom. The second-order valence-corrected chi connectivity index (χ2v) is 6.19. The number of carboxylic acids is 1. The molecule has 1 saturated carbocycles. The number of fused-ring (bicyclic) bond motifs is 1. The SMILES string of the molecule is O=C(O)C1CCCCCC1Cc1cccc2ccccc12. The first-order chi connectivity index (χ1) is 10.3. The van der Waals surface area contributed by atoms with Gasteiger partial charge in [0.1, 0.15) is 0 Å². The lowest BCUT2D eigenvalue weighted by atomic mass is 9.82. The summed E-state index contributed by atoms with van der Waals surface area (Å²) in [6, 6.07) is 14.8. The summed E-state index contributed by atoms with van der Waals surface area (Å²) in [5, 5.41) is 12.0. The van der Waals surface area contributed by atoms with E-state index in [1.807, 2.05) is 0 Å². The summed E-state index contributed by atoms with van der Waals surface area (Å²) in [4.78, 5) is 11.6. The van der Waals surface area contributed by atoms with Crippen molar-refractivity contribution < 1.29 is 9.90 Å². The van der Waals surface area contributed by atoms with E-state index >= 15 is 0 Å². The lowest BCUT2D eigenvalue weighted by Crippen LogP contribution is -2.24. The first-order valence-corrected chi connectivity index (χ1v) is 7.95. The molecule has 3 rings (SSSR count). The molecule has 1 aliphatic rings. The number of carbonyl (C=O) groups is 1. The van der Waals surface area contributed by atoms with Crippen molar-refractivity contribution in [1.29, 1.82) is 0 Å². The van der Waals surface area contributed by atoms with Crippen molar-refractivity contribution in [2.75, 3.05) is 0 Å². The third kappa shape index (κ3) is 3.10. The number of aliphatic carboxylic acids is 1. The van der Waals surface area contributed by atoms with Gasteiger partial charge in [0.2, 0.25) is 0 Å². The highest BCUT2D eigenvalue weighted by molar-refractivity contribution is 5.85. The molecule has 0 spiro atoms. The van der Waals surface area contributed by atoms with E-state index in [-0.39, 0.29) is 11.8 Å². The molecule has 21 heavy (non-hydrogen) atoms. The quantitative estimate of drug-likeness (QED) is 0.831. The van der Waals surface area contributed by atoms with Crippen molar-refractivity contribution in [3.05, 3.63) is 48.0 Å². The molecule has 110 valence electrons. The number of carboxylic acid groups (broad SMARTS) is 1. The van der Waals surface area contributed by atoms with Crippen LogP contribution in [0.2, 0.25) is 0 Å². The van der Waals surface area contributed by atoms with E-state index in [4.69, 9.17) is 0 Å². The van der Waals surface area contributed by atoms with Crippen molar-refractivity contribution in [2.45, 2.75) is 38.5 Å². The van der Waals surface area contributed by atoms with E-state index in [9.17, 15) is 9.90 Å². The van der Waals surface area contributed by atoms with Crippen molar-refractivity contribution >= 4 is 16.7 Å². The first-order valence-electron chi connectivity index (χ1n) is 7.95. The van der Waals surface area contributed by atoms with Gasteiger partial charge in [0, 0.05) is 0 Å². The molecule has 2 aromatic carbocycles. The van der Waals surface area contributed by atoms with Gasteiger partial charge in [0.25, 0.3) is 0 Å². The van der Waals surface area contributed by atoms with Crippen molar-refractivity contribution in [2.24, 2.45) is 11.8 Å². The molecule has 0 radical (unpaired) electrons. The third-order valence-electron chi connectivity index (χ3n) is 4.84. The molecule has 0 saturated heterocycles. The van der Waals surface area contributed by atoms with Crippen LogP contribution in [0.5, 0.6) is 0 Å². The van der Waals surface area contributed by atoms with Crippen LogP contribution in [0.1, 0.15) is 37.7 Å². The van der Waals surface area contributed by atoms with Gasteiger partial charge in [-0.1, -0.05) is 61.7 Å². The maximum atomic E-state index is 11.6. The Kier molecular flexibility index (Phi) is 4.23. The largest absolute Gasteiger partial charge is 0.481 e. The minimum Gasteiger partial charge on any atom is -0.481 e. The predicted octanol–water partition coefficient (Wildman–Crippen LogP) is 4.66. The Morgan fingerprint density at radius 2 is 1.76 bits per heavy atom. The molecule has 2 atom stereocenters. The van der Waals surface area contributed by atoms with Crippen LogP contribution in [-0.2, 0) is 11.2 Å². The molecule has 2 heteroatoms. The fraction of sp³-hybridized carbons (Fsp3) is 0.421. The van der Waals surface area contributed by atoms with Gasteiger partial charge in [-0.3, -0.25) is 4.79 Å². The number of hydrogen-bond donors (Lipinski definition) is 1. The van der Waals surface area contributed by atoms with E-state index in [1.165, 1.54) is 29.2 Å². The van der Waals surface area contributed by atoms with Gasteiger partial charge < -0.3 is 5.11 Å². The van der Waals surface area contributed by atoms with Gasteiger partial charge in [-0.25, -0.2) is 0 Å². The summed E-state index contributed by atoms with van der Waals surface area (Å²) in [6.45, 7) is 0. The smallest absolute Gasteiger partial charge is 0.306 e. The maximum Gasteiger partial charge on any atom is 0.306 e. The second kappa shape index (κ2) is 6.30. The van der Waals surface area contributed by atoms with Crippen LogP contribution in [0.3, 0.4) is 0 Å². The average Bonchev–Trinajstić information content (AvgIpc) is 2.73. The lowest BCUT2D eigenvalue weighted by Gasteiger charge is -2.22. The fourth-order valence-corrected chi connectivity index (χ4v) is 3.71. The van der Waals surface area contributed by atoms with Crippen LogP contribution in [0, 0.1) is 11.8 Å². The van der Waals surface area contributed by atoms with E-state index < -0.39 is 5.97 Å². The zero-order chi connectivity index (χ0) is 14.7. The van der Waals surface area contributed by atoms with E-state index in [0.29, 0.717) is 0 Å². The maximum absolute atomic E-state index is 11.6. The predicted molar refractivity (Wildman–Crippen MR) is 85.4 cm³/mol. The van der Waals surface area contributed by atoms with Gasteiger partial charge in [-0.15, -0.1) is 0 Å². The average molecular weight is 282 g/mol. The van der Waals surface area contributed by atoms with E-state index in [1.54, 1.807) is 0 Å². The molecule has 2 nitrogen and oxygen atoms in total. The highest BCUT2D eigenvalue weighted by Gasteiger charge is 2.29. The lowest BCUT2D eigenvalue weighted by molar-refractivity contribution is -0.143. The molecule has 0 bridgehead atoms. The van der Waals surface area contributed by atoms with Crippen molar-refractivity contribution in [3.8, 4) is 0 Å². The first kappa shape index (κ1) is 14.1. The van der Waals surface area contributed by atoms with Crippen LogP contribution in [0.25, 0.3) is 10.8 Å². The Labute approximate surface area is 125 Å². The second-order valence-electron chi connectivity index (χ2n) is 6.19.